The standard InChI is InChI=1S/C6H8NO2S/c1-7-3-5(10-4-7)6(8)9-2/h3-4H,1-2H3/q+1. The zero-order valence-electron chi connectivity index (χ0n) is 5.83. The minimum absolute atomic E-state index is 0.273. The second-order valence-corrected chi connectivity index (χ2v) is 2.76. The third kappa shape index (κ3) is 1.33. The molecule has 1 aromatic heterocycles. The normalized spacial score (nSPS) is 9.40. The highest BCUT2D eigenvalue weighted by molar-refractivity contribution is 7.11. The molecule has 0 amide bonds. The van der Waals surface area contributed by atoms with Crippen molar-refractivity contribution in [3.05, 3.63) is 16.6 Å². The fraction of sp³-hybridized carbons (Fsp3) is 0.333. The SMILES string of the molecule is COC(=O)c1c[n+](C)cs1. The lowest BCUT2D eigenvalue weighted by Crippen LogP contribution is -2.23. The van der Waals surface area contributed by atoms with Gasteiger partial charge in [0.15, 0.2) is 11.1 Å². The number of thiazole rings is 1. The molecular formula is C6H8NO2S+. The van der Waals surface area contributed by atoms with Crippen molar-refractivity contribution in [3.8, 4) is 0 Å². The van der Waals surface area contributed by atoms with Gasteiger partial charge in [0.2, 0.25) is 5.51 Å². The molecular weight excluding hydrogens is 150 g/mol. The maximum Gasteiger partial charge on any atom is 0.354 e. The van der Waals surface area contributed by atoms with E-state index in [0.29, 0.717) is 4.88 Å². The first-order valence-corrected chi connectivity index (χ1v) is 3.64. The van der Waals surface area contributed by atoms with Crippen LogP contribution in [-0.4, -0.2) is 13.1 Å². The Morgan fingerprint density at radius 2 is 2.50 bits per heavy atom. The minimum atomic E-state index is -0.273. The molecule has 0 bridgehead atoms. The number of rotatable bonds is 1. The number of hydrogen-bond acceptors (Lipinski definition) is 3. The Morgan fingerprint density at radius 3 is 2.90 bits per heavy atom. The van der Waals surface area contributed by atoms with E-state index in [4.69, 9.17) is 0 Å². The zero-order valence-corrected chi connectivity index (χ0v) is 6.64. The van der Waals surface area contributed by atoms with E-state index in [-0.39, 0.29) is 5.97 Å². The highest BCUT2D eigenvalue weighted by atomic mass is 32.1. The van der Waals surface area contributed by atoms with Crippen molar-refractivity contribution in [2.75, 3.05) is 7.11 Å². The van der Waals surface area contributed by atoms with Crippen LogP contribution < -0.4 is 4.57 Å². The molecule has 0 fully saturated rings. The molecule has 4 heteroatoms. The molecule has 1 aromatic rings. The van der Waals surface area contributed by atoms with Crippen molar-refractivity contribution in [2.24, 2.45) is 7.05 Å². The topological polar surface area (TPSA) is 30.2 Å². The van der Waals surface area contributed by atoms with Gasteiger partial charge < -0.3 is 4.74 Å². The van der Waals surface area contributed by atoms with Gasteiger partial charge in [0.1, 0.15) is 7.05 Å². The first-order valence-electron chi connectivity index (χ1n) is 2.76. The van der Waals surface area contributed by atoms with E-state index in [1.807, 2.05) is 17.1 Å². The predicted octanol–water partition coefficient (Wildman–Crippen LogP) is 0.359. The molecule has 0 aliphatic heterocycles. The van der Waals surface area contributed by atoms with Crippen molar-refractivity contribution < 1.29 is 14.1 Å². The summed E-state index contributed by atoms with van der Waals surface area (Å²) in [6, 6.07) is 0. The van der Waals surface area contributed by atoms with Crippen LogP contribution in [0.1, 0.15) is 9.67 Å². The summed E-state index contributed by atoms with van der Waals surface area (Å²) in [5.41, 5.74) is 1.84. The van der Waals surface area contributed by atoms with Crippen LogP contribution in [0, 0.1) is 0 Å². The number of esters is 1. The second-order valence-electron chi connectivity index (χ2n) is 1.87. The highest BCUT2D eigenvalue weighted by Gasteiger charge is 2.11. The summed E-state index contributed by atoms with van der Waals surface area (Å²) in [7, 11) is 3.24. The first kappa shape index (κ1) is 7.21. The highest BCUT2D eigenvalue weighted by Crippen LogP contribution is 2.04. The molecule has 1 rings (SSSR count). The Hall–Kier alpha value is -0.900. The molecule has 0 unspecified atom stereocenters. The van der Waals surface area contributed by atoms with Crippen LogP contribution >= 0.6 is 11.3 Å². The molecule has 1 heterocycles. The van der Waals surface area contributed by atoms with Gasteiger partial charge in [0.05, 0.1) is 7.11 Å². The third-order valence-electron chi connectivity index (χ3n) is 1.05. The summed E-state index contributed by atoms with van der Waals surface area (Å²) in [4.78, 5) is 11.4. The molecule has 54 valence electrons. The number of hydrogen-bond donors (Lipinski definition) is 0. The number of aromatic nitrogens is 1. The minimum Gasteiger partial charge on any atom is -0.465 e. The van der Waals surface area contributed by atoms with E-state index in [1.165, 1.54) is 18.4 Å². The van der Waals surface area contributed by atoms with Gasteiger partial charge in [-0.15, -0.1) is 0 Å². The van der Waals surface area contributed by atoms with Crippen LogP contribution in [0.3, 0.4) is 0 Å². The largest absolute Gasteiger partial charge is 0.465 e. The Morgan fingerprint density at radius 1 is 1.80 bits per heavy atom. The summed E-state index contributed by atoms with van der Waals surface area (Å²) < 4.78 is 6.32. The Balaban J connectivity index is 2.85. The van der Waals surface area contributed by atoms with E-state index < -0.39 is 0 Å². The Bertz CT molecular complexity index is 244. The summed E-state index contributed by atoms with van der Waals surface area (Å²) in [5, 5.41) is 0. The molecule has 0 atom stereocenters. The summed E-state index contributed by atoms with van der Waals surface area (Å²) >= 11 is 1.37. The Labute approximate surface area is 62.9 Å². The number of aryl methyl sites for hydroxylation is 1. The number of nitrogens with zero attached hydrogens (tertiary/aromatic N) is 1. The smallest absolute Gasteiger partial charge is 0.354 e. The van der Waals surface area contributed by atoms with E-state index >= 15 is 0 Å². The van der Waals surface area contributed by atoms with Gasteiger partial charge in [-0.2, -0.15) is 4.57 Å². The Kier molecular flexibility index (Phi) is 2.01. The van der Waals surface area contributed by atoms with Crippen molar-refractivity contribution in [1.29, 1.82) is 0 Å². The number of carbonyl (C=O) groups excluding carboxylic acids is 1. The van der Waals surface area contributed by atoms with Gasteiger partial charge in [0.25, 0.3) is 0 Å². The van der Waals surface area contributed by atoms with Crippen LogP contribution in [-0.2, 0) is 11.8 Å². The van der Waals surface area contributed by atoms with Crippen LogP contribution in [0.2, 0.25) is 0 Å². The zero-order chi connectivity index (χ0) is 7.56. The molecule has 0 N–H and O–H groups in total. The van der Waals surface area contributed by atoms with E-state index in [2.05, 4.69) is 4.74 Å². The fourth-order valence-corrected chi connectivity index (χ4v) is 1.33. The summed E-state index contributed by atoms with van der Waals surface area (Å²) in [6.45, 7) is 0. The molecule has 0 aromatic carbocycles. The molecule has 10 heavy (non-hydrogen) atoms. The fourth-order valence-electron chi connectivity index (χ4n) is 0.587. The molecule has 0 aliphatic carbocycles. The lowest BCUT2D eigenvalue weighted by atomic mass is 10.6. The van der Waals surface area contributed by atoms with Crippen molar-refractivity contribution >= 4 is 17.3 Å². The van der Waals surface area contributed by atoms with Crippen molar-refractivity contribution in [2.45, 2.75) is 0 Å². The van der Waals surface area contributed by atoms with Crippen LogP contribution in [0.25, 0.3) is 0 Å². The number of ether oxygens (including phenoxy) is 1. The number of methoxy groups -OCH3 is 1. The molecule has 0 saturated carbocycles. The van der Waals surface area contributed by atoms with Gasteiger partial charge in [-0.1, -0.05) is 11.3 Å². The monoisotopic (exact) mass is 158 g/mol. The summed E-state index contributed by atoms with van der Waals surface area (Å²) in [6.07, 6.45) is 1.73. The van der Waals surface area contributed by atoms with Crippen LogP contribution in [0.15, 0.2) is 11.7 Å². The van der Waals surface area contributed by atoms with Crippen molar-refractivity contribution in [3.63, 3.8) is 0 Å². The maximum atomic E-state index is 10.8. The lowest BCUT2D eigenvalue weighted by molar-refractivity contribution is -0.666. The summed E-state index contributed by atoms with van der Waals surface area (Å²) in [5.74, 6) is -0.273. The van der Waals surface area contributed by atoms with Gasteiger partial charge in [-0.3, -0.25) is 0 Å². The van der Waals surface area contributed by atoms with Gasteiger partial charge in [0, 0.05) is 0 Å². The van der Waals surface area contributed by atoms with Crippen LogP contribution in [0.5, 0.6) is 0 Å². The average Bonchev–Trinajstić information content (AvgIpc) is 2.34. The molecule has 0 radical (unpaired) electrons. The van der Waals surface area contributed by atoms with E-state index in [9.17, 15) is 4.79 Å². The van der Waals surface area contributed by atoms with Crippen molar-refractivity contribution in [1.82, 2.24) is 0 Å². The average molecular weight is 158 g/mol. The maximum absolute atomic E-state index is 10.8. The van der Waals surface area contributed by atoms with Gasteiger partial charge in [-0.25, -0.2) is 4.79 Å². The van der Waals surface area contributed by atoms with Crippen LogP contribution in [0.4, 0.5) is 0 Å². The van der Waals surface area contributed by atoms with E-state index in [1.54, 1.807) is 6.20 Å². The quantitative estimate of drug-likeness (QED) is 0.436. The molecule has 0 aliphatic rings. The molecule has 0 spiro atoms. The first-order chi connectivity index (χ1) is 4.74. The van der Waals surface area contributed by atoms with Gasteiger partial charge in [-0.05, 0) is 0 Å². The second kappa shape index (κ2) is 2.79. The van der Waals surface area contributed by atoms with Gasteiger partial charge >= 0.3 is 5.97 Å². The molecule has 3 nitrogen and oxygen atoms in total. The molecule has 0 saturated heterocycles. The number of carbonyl (C=O) groups is 1. The lowest BCUT2D eigenvalue weighted by Gasteiger charge is -1.87. The predicted molar refractivity (Wildman–Crippen MR) is 36.8 cm³/mol. The van der Waals surface area contributed by atoms with E-state index in [0.717, 1.165) is 0 Å². The third-order valence-corrected chi connectivity index (χ3v) is 2.02.